The lowest BCUT2D eigenvalue weighted by atomic mass is 10.1. The Labute approximate surface area is 105 Å². The molecule has 2 aromatic rings. The number of fused-ring (bicyclic) bond motifs is 1. The van der Waals surface area contributed by atoms with Crippen molar-refractivity contribution in [2.45, 2.75) is 6.92 Å². The summed E-state index contributed by atoms with van der Waals surface area (Å²) < 4.78 is 0. The first-order valence-electron chi connectivity index (χ1n) is 5.21. The highest BCUT2D eigenvalue weighted by molar-refractivity contribution is 6.36. The van der Waals surface area contributed by atoms with Gasteiger partial charge in [-0.3, -0.25) is 4.98 Å². The maximum atomic E-state index is 9.13. The summed E-state index contributed by atoms with van der Waals surface area (Å²) in [6, 6.07) is 5.93. The Bertz CT molecular complexity index is 627. The van der Waals surface area contributed by atoms with E-state index >= 15 is 0 Å². The van der Waals surface area contributed by atoms with Gasteiger partial charge in [0.05, 0.1) is 21.8 Å². The van der Waals surface area contributed by atoms with Crippen molar-refractivity contribution >= 4 is 28.2 Å². The van der Waals surface area contributed by atoms with E-state index in [2.05, 4.69) is 11.1 Å². The van der Waals surface area contributed by atoms with Crippen LogP contribution in [0, 0.1) is 18.3 Å². The number of nitrogens with zero attached hydrogens (tertiary/aromatic N) is 3. The summed E-state index contributed by atoms with van der Waals surface area (Å²) in [6.45, 7) is 1.98. The molecule has 1 aromatic heterocycles. The fourth-order valence-electron chi connectivity index (χ4n) is 1.93. The number of pyridine rings is 1. The second kappa shape index (κ2) is 4.23. The zero-order valence-electron chi connectivity index (χ0n) is 9.95. The maximum absolute atomic E-state index is 9.13. The largest absolute Gasteiger partial charge is 0.376 e. The third-order valence-electron chi connectivity index (χ3n) is 2.71. The van der Waals surface area contributed by atoms with E-state index in [1.807, 2.05) is 38.1 Å². The number of aryl methyl sites for hydroxylation is 1. The van der Waals surface area contributed by atoms with Crippen LogP contribution < -0.4 is 4.90 Å². The number of hydrogen-bond acceptors (Lipinski definition) is 3. The zero-order valence-corrected chi connectivity index (χ0v) is 10.7. The third kappa shape index (κ3) is 1.81. The molecule has 1 aromatic carbocycles. The first-order valence-corrected chi connectivity index (χ1v) is 5.59. The van der Waals surface area contributed by atoms with Crippen molar-refractivity contribution in [3.8, 4) is 6.07 Å². The molecular weight excluding hydrogens is 234 g/mol. The molecule has 86 valence electrons. The molecule has 2 rings (SSSR count). The van der Waals surface area contributed by atoms with Crippen LogP contribution in [0.15, 0.2) is 18.3 Å². The van der Waals surface area contributed by atoms with Crippen LogP contribution in [0.4, 0.5) is 5.69 Å². The van der Waals surface area contributed by atoms with Crippen LogP contribution in [0.3, 0.4) is 0 Å². The summed E-state index contributed by atoms with van der Waals surface area (Å²) >= 11 is 6.23. The molecule has 0 fully saturated rings. The van der Waals surface area contributed by atoms with Gasteiger partial charge < -0.3 is 4.90 Å². The van der Waals surface area contributed by atoms with Crippen molar-refractivity contribution in [1.82, 2.24) is 4.98 Å². The van der Waals surface area contributed by atoms with E-state index in [1.165, 1.54) is 0 Å². The summed E-state index contributed by atoms with van der Waals surface area (Å²) in [6.07, 6.45) is 1.60. The lowest BCUT2D eigenvalue weighted by molar-refractivity contribution is 1.13. The number of halogens is 1. The van der Waals surface area contributed by atoms with E-state index < -0.39 is 0 Å². The second-order valence-corrected chi connectivity index (χ2v) is 4.52. The van der Waals surface area contributed by atoms with Crippen LogP contribution >= 0.6 is 11.6 Å². The minimum atomic E-state index is 0.537. The lowest BCUT2D eigenvalue weighted by Gasteiger charge is -2.18. The Kier molecular flexibility index (Phi) is 2.91. The molecule has 17 heavy (non-hydrogen) atoms. The van der Waals surface area contributed by atoms with Crippen molar-refractivity contribution in [3.63, 3.8) is 0 Å². The number of rotatable bonds is 1. The Morgan fingerprint density at radius 3 is 2.65 bits per heavy atom. The summed E-state index contributed by atoms with van der Waals surface area (Å²) in [4.78, 5) is 6.22. The van der Waals surface area contributed by atoms with Gasteiger partial charge in [-0.05, 0) is 18.6 Å². The van der Waals surface area contributed by atoms with E-state index in [0.29, 0.717) is 10.6 Å². The van der Waals surface area contributed by atoms with E-state index in [-0.39, 0.29) is 0 Å². The molecule has 0 aliphatic rings. The summed E-state index contributed by atoms with van der Waals surface area (Å²) in [5.74, 6) is 0. The molecule has 1 heterocycles. The van der Waals surface area contributed by atoms with Gasteiger partial charge in [-0.15, -0.1) is 0 Å². The van der Waals surface area contributed by atoms with Crippen molar-refractivity contribution in [3.05, 3.63) is 34.5 Å². The predicted octanol–water partition coefficient (Wildman–Crippen LogP) is 3.13. The highest BCUT2D eigenvalue weighted by Crippen LogP contribution is 2.34. The van der Waals surface area contributed by atoms with Crippen molar-refractivity contribution < 1.29 is 0 Å². The molecular formula is C13H12ClN3. The van der Waals surface area contributed by atoms with Crippen molar-refractivity contribution in [1.29, 1.82) is 5.26 Å². The van der Waals surface area contributed by atoms with Gasteiger partial charge in [-0.2, -0.15) is 5.26 Å². The first kappa shape index (κ1) is 11.7. The lowest BCUT2D eigenvalue weighted by Crippen LogP contribution is -2.12. The van der Waals surface area contributed by atoms with E-state index in [4.69, 9.17) is 16.9 Å². The molecule has 0 spiro atoms. The standard InChI is InChI=1S/C13H12ClN3/c1-8-4-5-10(14)11-12(8)16-7-9(6-15)13(11)17(2)3/h4-5,7H,1-3H3. The highest BCUT2D eigenvalue weighted by Gasteiger charge is 2.14. The quantitative estimate of drug-likeness (QED) is 0.775. The van der Waals surface area contributed by atoms with E-state index in [1.54, 1.807) is 6.20 Å². The molecule has 0 atom stereocenters. The Morgan fingerprint density at radius 2 is 2.06 bits per heavy atom. The summed E-state index contributed by atoms with van der Waals surface area (Å²) in [5, 5.41) is 10.6. The van der Waals surface area contributed by atoms with Crippen LogP contribution in [0.5, 0.6) is 0 Å². The van der Waals surface area contributed by atoms with Crippen molar-refractivity contribution in [2.24, 2.45) is 0 Å². The number of hydrogen-bond donors (Lipinski definition) is 0. The van der Waals surface area contributed by atoms with Gasteiger partial charge in [0.15, 0.2) is 0 Å². The molecule has 0 unspecified atom stereocenters. The van der Waals surface area contributed by atoms with Crippen LogP contribution in [-0.2, 0) is 0 Å². The zero-order chi connectivity index (χ0) is 12.6. The highest BCUT2D eigenvalue weighted by atomic mass is 35.5. The monoisotopic (exact) mass is 245 g/mol. The molecule has 0 amide bonds. The average Bonchev–Trinajstić information content (AvgIpc) is 2.32. The van der Waals surface area contributed by atoms with Gasteiger partial charge in [0.2, 0.25) is 0 Å². The molecule has 0 saturated carbocycles. The maximum Gasteiger partial charge on any atom is 0.103 e. The molecule has 0 aliphatic heterocycles. The van der Waals surface area contributed by atoms with Gasteiger partial charge >= 0.3 is 0 Å². The minimum Gasteiger partial charge on any atom is -0.376 e. The number of benzene rings is 1. The number of anilines is 1. The minimum absolute atomic E-state index is 0.537. The Hall–Kier alpha value is -1.79. The SMILES string of the molecule is Cc1ccc(Cl)c2c(N(C)C)c(C#N)cnc12. The Balaban J connectivity index is 3.00. The van der Waals surface area contributed by atoms with Crippen molar-refractivity contribution in [2.75, 3.05) is 19.0 Å². The normalized spacial score (nSPS) is 10.3. The fraction of sp³-hybridized carbons (Fsp3) is 0.231. The van der Waals surface area contributed by atoms with Gasteiger partial charge in [-0.25, -0.2) is 0 Å². The van der Waals surface area contributed by atoms with Crippen LogP contribution in [0.2, 0.25) is 5.02 Å². The molecule has 0 saturated heterocycles. The number of nitriles is 1. The molecule has 3 nitrogen and oxygen atoms in total. The van der Waals surface area contributed by atoms with Gasteiger partial charge in [-0.1, -0.05) is 17.7 Å². The molecule has 4 heteroatoms. The fourth-order valence-corrected chi connectivity index (χ4v) is 2.18. The third-order valence-corrected chi connectivity index (χ3v) is 3.03. The van der Waals surface area contributed by atoms with E-state index in [9.17, 15) is 0 Å². The van der Waals surface area contributed by atoms with E-state index in [0.717, 1.165) is 22.2 Å². The summed E-state index contributed by atoms with van der Waals surface area (Å²) in [7, 11) is 3.79. The van der Waals surface area contributed by atoms with Crippen LogP contribution in [0.25, 0.3) is 10.9 Å². The van der Waals surface area contributed by atoms with Gasteiger partial charge in [0.25, 0.3) is 0 Å². The van der Waals surface area contributed by atoms with Crippen LogP contribution in [0.1, 0.15) is 11.1 Å². The average molecular weight is 246 g/mol. The molecule has 0 radical (unpaired) electrons. The van der Waals surface area contributed by atoms with Crippen LogP contribution in [-0.4, -0.2) is 19.1 Å². The van der Waals surface area contributed by atoms with Gasteiger partial charge in [0.1, 0.15) is 6.07 Å². The first-order chi connectivity index (χ1) is 8.06. The predicted molar refractivity (Wildman–Crippen MR) is 70.5 cm³/mol. The number of aromatic nitrogens is 1. The molecule has 0 bridgehead atoms. The second-order valence-electron chi connectivity index (χ2n) is 4.11. The molecule has 0 N–H and O–H groups in total. The van der Waals surface area contributed by atoms with Gasteiger partial charge in [0, 0.05) is 25.7 Å². The smallest absolute Gasteiger partial charge is 0.103 e. The topological polar surface area (TPSA) is 39.9 Å². The molecule has 0 aliphatic carbocycles. The summed E-state index contributed by atoms with van der Waals surface area (Å²) in [5.41, 5.74) is 3.26. The Morgan fingerprint density at radius 1 is 1.35 bits per heavy atom.